The second kappa shape index (κ2) is 5.30. The van der Waals surface area contributed by atoms with Gasteiger partial charge in [-0.2, -0.15) is 16.7 Å². The maximum absolute atomic E-state index is 9.68. The topological polar surface area (TPSA) is 79.4 Å². The van der Waals surface area contributed by atoms with Gasteiger partial charge in [0, 0.05) is 6.07 Å². The minimum absolute atomic E-state index is 0.00801. The zero-order valence-corrected chi connectivity index (χ0v) is 10.9. The van der Waals surface area contributed by atoms with Crippen molar-refractivity contribution < 1.29 is 14.7 Å². The predicted octanol–water partition coefficient (Wildman–Crippen LogP) is 2.79. The van der Waals surface area contributed by atoms with Gasteiger partial charge >= 0.3 is 0 Å². The molecule has 2 aromatic rings. The van der Waals surface area contributed by atoms with Crippen LogP contribution in [0, 0.1) is 0 Å². The summed E-state index contributed by atoms with van der Waals surface area (Å²) in [6.45, 7) is 4.19. The number of hydrogen-bond donors (Lipinski definition) is 2. The van der Waals surface area contributed by atoms with Gasteiger partial charge in [-0.1, -0.05) is 19.0 Å². The molecule has 2 rings (SSSR count). The van der Waals surface area contributed by atoms with Crippen molar-refractivity contribution in [2.75, 3.05) is 0 Å². The highest BCUT2D eigenvalue weighted by atomic mass is 32.2. The van der Waals surface area contributed by atoms with E-state index in [0.29, 0.717) is 22.4 Å². The summed E-state index contributed by atoms with van der Waals surface area (Å²) < 4.78 is 5.09. The van der Waals surface area contributed by atoms with Crippen molar-refractivity contribution in [3.05, 3.63) is 24.0 Å². The lowest BCUT2D eigenvalue weighted by Crippen LogP contribution is -1.90. The zero-order chi connectivity index (χ0) is 13.1. The van der Waals surface area contributed by atoms with Crippen LogP contribution in [-0.2, 0) is 5.75 Å². The molecule has 5 nitrogen and oxygen atoms in total. The minimum Gasteiger partial charge on any atom is -0.508 e. The molecule has 0 saturated heterocycles. The van der Waals surface area contributed by atoms with E-state index in [1.807, 2.05) is 0 Å². The monoisotopic (exact) mass is 266 g/mol. The van der Waals surface area contributed by atoms with E-state index < -0.39 is 0 Å². The van der Waals surface area contributed by atoms with Crippen LogP contribution in [0.2, 0.25) is 0 Å². The van der Waals surface area contributed by atoms with Gasteiger partial charge in [-0.05, 0) is 17.4 Å². The normalized spacial score (nSPS) is 11.1. The van der Waals surface area contributed by atoms with Crippen LogP contribution in [0.4, 0.5) is 0 Å². The summed E-state index contributed by atoms with van der Waals surface area (Å²) in [5, 5.41) is 23.2. The predicted molar refractivity (Wildman–Crippen MR) is 69.5 cm³/mol. The highest BCUT2D eigenvalue weighted by molar-refractivity contribution is 7.99. The molecule has 0 radical (unpaired) electrons. The molecule has 96 valence electrons. The van der Waals surface area contributed by atoms with Crippen molar-refractivity contribution in [1.29, 1.82) is 0 Å². The average Bonchev–Trinajstić information content (AvgIpc) is 2.75. The number of benzene rings is 1. The van der Waals surface area contributed by atoms with E-state index in [4.69, 9.17) is 4.52 Å². The number of aromatic hydroxyl groups is 2. The highest BCUT2D eigenvalue weighted by Crippen LogP contribution is 2.31. The van der Waals surface area contributed by atoms with Gasteiger partial charge in [0.25, 0.3) is 5.89 Å². The first-order chi connectivity index (χ1) is 8.56. The van der Waals surface area contributed by atoms with Crippen LogP contribution >= 0.6 is 11.8 Å². The molecule has 0 amide bonds. The van der Waals surface area contributed by atoms with Gasteiger partial charge in [0.15, 0.2) is 5.82 Å². The van der Waals surface area contributed by atoms with Crippen molar-refractivity contribution in [3.8, 4) is 23.0 Å². The van der Waals surface area contributed by atoms with E-state index in [-0.39, 0.29) is 17.4 Å². The van der Waals surface area contributed by atoms with Crippen LogP contribution in [0.25, 0.3) is 11.5 Å². The van der Waals surface area contributed by atoms with Crippen molar-refractivity contribution in [3.63, 3.8) is 0 Å². The van der Waals surface area contributed by atoms with E-state index in [1.54, 1.807) is 11.8 Å². The van der Waals surface area contributed by atoms with Gasteiger partial charge in [-0.25, -0.2) is 0 Å². The SMILES string of the molecule is CC(C)SCc1noc(-c2ccc(O)cc2O)n1. The quantitative estimate of drug-likeness (QED) is 0.885. The summed E-state index contributed by atoms with van der Waals surface area (Å²) in [4.78, 5) is 4.20. The largest absolute Gasteiger partial charge is 0.508 e. The van der Waals surface area contributed by atoms with Gasteiger partial charge in [0.1, 0.15) is 11.5 Å². The molecule has 0 unspecified atom stereocenters. The molecule has 0 aliphatic carbocycles. The van der Waals surface area contributed by atoms with Crippen LogP contribution < -0.4 is 0 Å². The molecule has 18 heavy (non-hydrogen) atoms. The Morgan fingerprint density at radius 1 is 1.33 bits per heavy atom. The Bertz CT molecular complexity index is 540. The van der Waals surface area contributed by atoms with E-state index in [9.17, 15) is 10.2 Å². The fraction of sp³-hybridized carbons (Fsp3) is 0.333. The molecular weight excluding hydrogens is 252 g/mol. The Morgan fingerprint density at radius 2 is 2.11 bits per heavy atom. The van der Waals surface area contributed by atoms with Crippen molar-refractivity contribution >= 4 is 11.8 Å². The molecule has 0 saturated carbocycles. The molecule has 2 N–H and O–H groups in total. The van der Waals surface area contributed by atoms with Crippen LogP contribution in [0.1, 0.15) is 19.7 Å². The third-order valence-corrected chi connectivity index (χ3v) is 3.32. The van der Waals surface area contributed by atoms with E-state index in [0.717, 1.165) is 0 Å². The number of aromatic nitrogens is 2. The molecule has 1 aromatic carbocycles. The second-order valence-corrected chi connectivity index (χ2v) is 5.64. The Labute approximate surface area is 109 Å². The zero-order valence-electron chi connectivity index (χ0n) is 10.1. The molecule has 0 bridgehead atoms. The molecular formula is C12H14N2O3S. The molecule has 6 heteroatoms. The second-order valence-electron chi connectivity index (χ2n) is 4.08. The summed E-state index contributed by atoms with van der Waals surface area (Å²) in [6, 6.07) is 4.24. The van der Waals surface area contributed by atoms with Crippen molar-refractivity contribution in [2.45, 2.75) is 24.9 Å². The Balaban J connectivity index is 2.18. The summed E-state index contributed by atoms with van der Waals surface area (Å²) in [5.74, 6) is 1.43. The van der Waals surface area contributed by atoms with Crippen LogP contribution in [0.15, 0.2) is 22.7 Å². The number of phenols is 2. The lowest BCUT2D eigenvalue weighted by Gasteiger charge is -2.00. The fourth-order valence-electron chi connectivity index (χ4n) is 1.36. The van der Waals surface area contributed by atoms with Gasteiger partial charge in [0.2, 0.25) is 0 Å². The fourth-order valence-corrected chi connectivity index (χ4v) is 1.96. The highest BCUT2D eigenvalue weighted by Gasteiger charge is 2.13. The van der Waals surface area contributed by atoms with Crippen molar-refractivity contribution in [1.82, 2.24) is 10.1 Å². The summed E-state index contributed by atoms with van der Waals surface area (Å²) in [6.07, 6.45) is 0. The van der Waals surface area contributed by atoms with E-state index >= 15 is 0 Å². The molecule has 1 aromatic heterocycles. The summed E-state index contributed by atoms with van der Waals surface area (Å²) in [7, 11) is 0. The van der Waals surface area contributed by atoms with Crippen molar-refractivity contribution in [2.24, 2.45) is 0 Å². The van der Waals surface area contributed by atoms with E-state index in [2.05, 4.69) is 24.0 Å². The number of hydrogen-bond acceptors (Lipinski definition) is 6. The maximum Gasteiger partial charge on any atom is 0.261 e. The first kappa shape index (κ1) is 12.8. The number of phenolic OH excluding ortho intramolecular Hbond substituents is 2. The van der Waals surface area contributed by atoms with Gasteiger partial charge in [-0.3, -0.25) is 0 Å². The van der Waals surface area contributed by atoms with Crippen LogP contribution in [-0.4, -0.2) is 25.6 Å². The maximum atomic E-state index is 9.68. The molecule has 0 atom stereocenters. The average molecular weight is 266 g/mol. The van der Waals surface area contributed by atoms with Gasteiger partial charge in [0.05, 0.1) is 11.3 Å². The third kappa shape index (κ3) is 2.95. The van der Waals surface area contributed by atoms with Gasteiger partial charge in [-0.15, -0.1) is 0 Å². The molecule has 0 aliphatic rings. The Morgan fingerprint density at radius 3 is 2.78 bits per heavy atom. The van der Waals surface area contributed by atoms with E-state index in [1.165, 1.54) is 18.2 Å². The Kier molecular flexibility index (Phi) is 3.76. The number of nitrogens with zero attached hydrogens (tertiary/aromatic N) is 2. The molecule has 0 spiro atoms. The number of rotatable bonds is 4. The van der Waals surface area contributed by atoms with Crippen LogP contribution in [0.5, 0.6) is 11.5 Å². The molecule has 0 fully saturated rings. The first-order valence-corrected chi connectivity index (χ1v) is 6.57. The first-order valence-electron chi connectivity index (χ1n) is 5.53. The number of thioether (sulfide) groups is 1. The Hall–Kier alpha value is -1.69. The minimum atomic E-state index is -0.0817. The lowest BCUT2D eigenvalue weighted by molar-refractivity contribution is 0.418. The van der Waals surface area contributed by atoms with Crippen LogP contribution in [0.3, 0.4) is 0 Å². The van der Waals surface area contributed by atoms with Gasteiger partial charge < -0.3 is 14.7 Å². The third-order valence-electron chi connectivity index (χ3n) is 2.23. The lowest BCUT2D eigenvalue weighted by atomic mass is 10.2. The standard InChI is InChI=1S/C12H14N2O3S/c1-7(2)18-6-11-13-12(17-14-11)9-4-3-8(15)5-10(9)16/h3-5,7,15-16H,6H2,1-2H3. The molecule has 0 aliphatic heterocycles. The smallest absolute Gasteiger partial charge is 0.261 e. The summed E-state index contributed by atoms with van der Waals surface area (Å²) in [5.41, 5.74) is 0.418. The molecule has 1 heterocycles. The summed E-state index contributed by atoms with van der Waals surface area (Å²) >= 11 is 1.71.